The first kappa shape index (κ1) is 18.8. The smallest absolute Gasteiger partial charge is 0.260 e. The summed E-state index contributed by atoms with van der Waals surface area (Å²) in [6.07, 6.45) is 0. The van der Waals surface area contributed by atoms with Crippen molar-refractivity contribution in [3.63, 3.8) is 0 Å². The lowest BCUT2D eigenvalue weighted by Gasteiger charge is -2.05. The van der Waals surface area contributed by atoms with E-state index in [1.54, 1.807) is 0 Å². The van der Waals surface area contributed by atoms with Gasteiger partial charge >= 0.3 is 0 Å². The minimum absolute atomic E-state index is 0.0317. The Hall–Kier alpha value is -3.01. The molecule has 0 saturated carbocycles. The van der Waals surface area contributed by atoms with Crippen LogP contribution >= 0.6 is 11.3 Å². The fourth-order valence-electron chi connectivity index (χ4n) is 2.19. The molecule has 10 heteroatoms. The Morgan fingerprint density at radius 2 is 1.78 bits per heavy atom. The van der Waals surface area contributed by atoms with Crippen molar-refractivity contribution in [1.29, 1.82) is 0 Å². The number of methoxy groups -OCH3 is 1. The number of nitrogens with one attached hydrogen (secondary N) is 1. The number of nitrogens with zero attached hydrogens (tertiary/aromatic N) is 1. The third-order valence-electron chi connectivity index (χ3n) is 3.52. The van der Waals surface area contributed by atoms with E-state index in [-0.39, 0.29) is 16.9 Å². The normalized spacial score (nSPS) is 10.7. The molecule has 2 aromatic carbocycles. The van der Waals surface area contributed by atoms with Crippen molar-refractivity contribution in [2.24, 2.45) is 0 Å². The number of aromatic nitrogens is 1. The molecule has 0 spiro atoms. The summed E-state index contributed by atoms with van der Waals surface area (Å²) in [4.78, 5) is 16.0. The number of hydrogen-bond acceptors (Lipinski definition) is 4. The predicted molar refractivity (Wildman–Crippen MR) is 88.3 cm³/mol. The van der Waals surface area contributed by atoms with Crippen LogP contribution in [0.4, 0.5) is 27.1 Å². The third kappa shape index (κ3) is 3.61. The van der Waals surface area contributed by atoms with E-state index in [0.717, 1.165) is 11.3 Å². The molecule has 0 radical (unpaired) electrons. The molecule has 0 aliphatic rings. The largest absolute Gasteiger partial charge is 0.494 e. The van der Waals surface area contributed by atoms with Crippen LogP contribution in [-0.2, 0) is 0 Å². The minimum Gasteiger partial charge on any atom is -0.494 e. The average molecular weight is 400 g/mol. The molecular weight excluding hydrogens is 391 g/mol. The molecule has 1 amide bonds. The number of thiazole rings is 1. The van der Waals surface area contributed by atoms with Gasteiger partial charge in [0.1, 0.15) is 0 Å². The summed E-state index contributed by atoms with van der Waals surface area (Å²) in [6, 6.07) is 4.34. The van der Waals surface area contributed by atoms with Gasteiger partial charge in [-0.3, -0.25) is 10.1 Å². The molecule has 0 saturated heterocycles. The Kier molecular flexibility index (Phi) is 5.08. The van der Waals surface area contributed by atoms with Crippen LogP contribution in [0.25, 0.3) is 11.3 Å². The van der Waals surface area contributed by atoms with Crippen LogP contribution < -0.4 is 10.1 Å². The molecule has 140 valence electrons. The summed E-state index contributed by atoms with van der Waals surface area (Å²) < 4.78 is 71.7. The van der Waals surface area contributed by atoms with Gasteiger partial charge in [-0.25, -0.2) is 26.9 Å². The molecule has 27 heavy (non-hydrogen) atoms. The quantitative estimate of drug-likeness (QED) is 0.390. The number of anilines is 1. The molecule has 1 heterocycles. The molecule has 1 aromatic heterocycles. The SMILES string of the molecule is COc1ccc(-c2csc(NC(=O)c3cc(F)c(F)c(F)c3F)n2)cc1F. The van der Waals surface area contributed by atoms with Gasteiger partial charge in [0.05, 0.1) is 18.4 Å². The van der Waals surface area contributed by atoms with Gasteiger partial charge in [-0.15, -0.1) is 11.3 Å². The second-order valence-electron chi connectivity index (χ2n) is 5.19. The first-order valence-corrected chi connectivity index (χ1v) is 8.13. The lowest BCUT2D eigenvalue weighted by molar-refractivity contribution is 0.102. The first-order valence-electron chi connectivity index (χ1n) is 7.25. The van der Waals surface area contributed by atoms with Crippen molar-refractivity contribution in [2.45, 2.75) is 0 Å². The van der Waals surface area contributed by atoms with Crippen LogP contribution in [0.1, 0.15) is 10.4 Å². The molecule has 0 aliphatic carbocycles. The molecule has 1 N–H and O–H groups in total. The predicted octanol–water partition coefficient (Wildman–Crippen LogP) is 4.77. The Morgan fingerprint density at radius 1 is 1.04 bits per heavy atom. The molecule has 3 rings (SSSR count). The minimum atomic E-state index is -2.09. The second-order valence-corrected chi connectivity index (χ2v) is 6.05. The first-order chi connectivity index (χ1) is 12.8. The van der Waals surface area contributed by atoms with Crippen molar-refractivity contribution in [2.75, 3.05) is 12.4 Å². The molecule has 0 aliphatic heterocycles. The maximum absolute atomic E-state index is 13.8. The van der Waals surface area contributed by atoms with Crippen molar-refractivity contribution in [3.05, 3.63) is 64.3 Å². The lowest BCUT2D eigenvalue weighted by atomic mass is 10.1. The average Bonchev–Trinajstić information content (AvgIpc) is 3.11. The van der Waals surface area contributed by atoms with E-state index < -0.39 is 40.6 Å². The van der Waals surface area contributed by atoms with E-state index in [4.69, 9.17) is 4.74 Å². The van der Waals surface area contributed by atoms with Gasteiger partial charge in [0.15, 0.2) is 40.0 Å². The van der Waals surface area contributed by atoms with Crippen LogP contribution in [0.3, 0.4) is 0 Å². The van der Waals surface area contributed by atoms with Gasteiger partial charge in [-0.05, 0) is 24.3 Å². The fraction of sp³-hybridized carbons (Fsp3) is 0.0588. The summed E-state index contributed by atoms with van der Waals surface area (Å²) in [7, 11) is 1.31. The summed E-state index contributed by atoms with van der Waals surface area (Å²) in [5, 5.41) is 3.61. The number of carbonyl (C=O) groups excluding carboxylic acids is 1. The Balaban J connectivity index is 1.84. The fourth-order valence-corrected chi connectivity index (χ4v) is 2.91. The van der Waals surface area contributed by atoms with E-state index in [1.807, 2.05) is 0 Å². The van der Waals surface area contributed by atoms with Crippen LogP contribution in [0.5, 0.6) is 5.75 Å². The van der Waals surface area contributed by atoms with E-state index in [0.29, 0.717) is 11.3 Å². The van der Waals surface area contributed by atoms with Gasteiger partial charge in [-0.2, -0.15) is 0 Å². The topological polar surface area (TPSA) is 51.2 Å². The van der Waals surface area contributed by atoms with Gasteiger partial charge < -0.3 is 4.74 Å². The van der Waals surface area contributed by atoms with Gasteiger partial charge in [0, 0.05) is 10.9 Å². The maximum atomic E-state index is 13.8. The number of amides is 1. The number of halogens is 5. The van der Waals surface area contributed by atoms with E-state index in [9.17, 15) is 26.7 Å². The standard InChI is InChI=1S/C17H9F5N2O2S/c1-26-12-3-2-7(4-9(12)18)11-6-27-17(23-11)24-16(25)8-5-10(19)14(21)15(22)13(8)20/h2-6H,1H3,(H,23,24,25). The zero-order valence-electron chi connectivity index (χ0n) is 13.4. The Morgan fingerprint density at radius 3 is 2.44 bits per heavy atom. The number of hydrogen-bond donors (Lipinski definition) is 1. The van der Waals surface area contributed by atoms with Crippen molar-refractivity contribution < 1.29 is 31.5 Å². The van der Waals surface area contributed by atoms with Crippen LogP contribution in [0, 0.1) is 29.1 Å². The summed E-state index contributed by atoms with van der Waals surface area (Å²) >= 11 is 0.920. The number of rotatable bonds is 4. The van der Waals surface area contributed by atoms with E-state index in [2.05, 4.69) is 10.3 Å². The van der Waals surface area contributed by atoms with E-state index in [1.165, 1.54) is 30.7 Å². The summed E-state index contributed by atoms with van der Waals surface area (Å²) in [6.45, 7) is 0. The highest BCUT2D eigenvalue weighted by atomic mass is 32.1. The maximum Gasteiger partial charge on any atom is 0.260 e. The van der Waals surface area contributed by atoms with Crippen LogP contribution in [0.15, 0.2) is 29.6 Å². The Labute approximate surface area is 153 Å². The zero-order chi connectivity index (χ0) is 19.7. The lowest BCUT2D eigenvalue weighted by Crippen LogP contribution is -2.16. The highest BCUT2D eigenvalue weighted by Crippen LogP contribution is 2.29. The summed E-state index contributed by atoms with van der Waals surface area (Å²) in [5.74, 6) is -9.41. The number of ether oxygens (including phenoxy) is 1. The highest BCUT2D eigenvalue weighted by molar-refractivity contribution is 7.14. The monoisotopic (exact) mass is 400 g/mol. The molecule has 0 bridgehead atoms. The molecule has 0 unspecified atom stereocenters. The zero-order valence-corrected chi connectivity index (χ0v) is 14.3. The van der Waals surface area contributed by atoms with Crippen LogP contribution in [0.2, 0.25) is 0 Å². The van der Waals surface area contributed by atoms with Crippen molar-refractivity contribution in [1.82, 2.24) is 4.98 Å². The molecule has 3 aromatic rings. The van der Waals surface area contributed by atoms with Gasteiger partial charge in [-0.1, -0.05) is 0 Å². The molecular formula is C17H9F5N2O2S. The van der Waals surface area contributed by atoms with Gasteiger partial charge in [0.25, 0.3) is 5.91 Å². The van der Waals surface area contributed by atoms with Crippen LogP contribution in [-0.4, -0.2) is 18.0 Å². The van der Waals surface area contributed by atoms with E-state index >= 15 is 0 Å². The highest BCUT2D eigenvalue weighted by Gasteiger charge is 2.23. The van der Waals surface area contributed by atoms with Crippen molar-refractivity contribution in [3.8, 4) is 17.0 Å². The molecule has 0 atom stereocenters. The van der Waals surface area contributed by atoms with Crippen molar-refractivity contribution >= 4 is 22.4 Å². The second kappa shape index (κ2) is 7.31. The third-order valence-corrected chi connectivity index (χ3v) is 4.28. The van der Waals surface area contributed by atoms with Gasteiger partial charge in [0.2, 0.25) is 0 Å². The number of benzene rings is 2. The Bertz CT molecular complexity index is 1040. The summed E-state index contributed by atoms with van der Waals surface area (Å²) in [5.41, 5.74) is -0.331. The molecule has 0 fully saturated rings. The molecule has 4 nitrogen and oxygen atoms in total. The number of carbonyl (C=O) groups is 1.